The second-order valence-electron chi connectivity index (χ2n) is 3.58. The van der Waals surface area contributed by atoms with Crippen LogP contribution in [0, 0.1) is 17.5 Å². The van der Waals surface area contributed by atoms with Crippen molar-refractivity contribution in [2.24, 2.45) is 0 Å². The van der Waals surface area contributed by atoms with Gasteiger partial charge in [-0.2, -0.15) is 5.10 Å². The molecule has 0 aliphatic heterocycles. The number of hydrogen-bond acceptors (Lipinski definition) is 3. The minimum Gasteiger partial charge on any atom is -0.259 e. The van der Waals surface area contributed by atoms with E-state index in [1.165, 1.54) is 12.4 Å². The molecule has 0 fully saturated rings. The lowest BCUT2D eigenvalue weighted by atomic mass is 10.1. The summed E-state index contributed by atoms with van der Waals surface area (Å²) in [4.78, 5) is 8.00. The van der Waals surface area contributed by atoms with Crippen LogP contribution in [-0.2, 0) is 0 Å². The molecule has 0 aliphatic rings. The van der Waals surface area contributed by atoms with E-state index in [9.17, 15) is 13.2 Å². The summed E-state index contributed by atoms with van der Waals surface area (Å²) in [5, 5.41) is 6.27. The normalized spacial score (nSPS) is 11.1. The molecule has 0 atom stereocenters. The van der Waals surface area contributed by atoms with Crippen molar-refractivity contribution >= 4 is 11.2 Å². The van der Waals surface area contributed by atoms with Crippen molar-refractivity contribution in [2.75, 3.05) is 0 Å². The van der Waals surface area contributed by atoms with Gasteiger partial charge in [0.05, 0.1) is 18.1 Å². The first-order valence-corrected chi connectivity index (χ1v) is 4.97. The summed E-state index contributed by atoms with van der Waals surface area (Å²) < 4.78 is 39.5. The number of halogens is 3. The molecule has 2 heterocycles. The topological polar surface area (TPSA) is 54.5 Å². The number of nitrogens with one attached hydrogen (secondary N) is 1. The SMILES string of the molecule is Fc1ccc(-c2cnc3cn[nH]c3n2)c(F)c1F. The fourth-order valence-electron chi connectivity index (χ4n) is 1.58. The molecule has 3 rings (SSSR count). The van der Waals surface area contributed by atoms with Gasteiger partial charge in [0.1, 0.15) is 5.52 Å². The molecular formula is C11H5F3N4. The van der Waals surface area contributed by atoms with Crippen molar-refractivity contribution in [1.29, 1.82) is 0 Å². The van der Waals surface area contributed by atoms with Gasteiger partial charge in [-0.25, -0.2) is 23.1 Å². The van der Waals surface area contributed by atoms with Gasteiger partial charge in [0.15, 0.2) is 23.1 Å². The fourth-order valence-corrected chi connectivity index (χ4v) is 1.58. The summed E-state index contributed by atoms with van der Waals surface area (Å²) in [7, 11) is 0. The second-order valence-corrected chi connectivity index (χ2v) is 3.58. The zero-order valence-electron chi connectivity index (χ0n) is 8.78. The molecule has 4 nitrogen and oxygen atoms in total. The van der Waals surface area contributed by atoms with Crippen LogP contribution in [0.25, 0.3) is 22.4 Å². The zero-order valence-corrected chi connectivity index (χ0v) is 8.78. The van der Waals surface area contributed by atoms with E-state index in [1.54, 1.807) is 0 Å². The molecule has 0 radical (unpaired) electrons. The first kappa shape index (κ1) is 10.7. The van der Waals surface area contributed by atoms with Crippen LogP contribution in [0.15, 0.2) is 24.5 Å². The van der Waals surface area contributed by atoms with Crippen LogP contribution >= 0.6 is 0 Å². The van der Waals surface area contributed by atoms with E-state index >= 15 is 0 Å². The molecule has 7 heteroatoms. The Labute approximate surface area is 98.5 Å². The first-order valence-electron chi connectivity index (χ1n) is 4.97. The lowest BCUT2D eigenvalue weighted by molar-refractivity contribution is 0.449. The number of H-pyrrole nitrogens is 1. The van der Waals surface area contributed by atoms with Crippen LogP contribution in [0.2, 0.25) is 0 Å². The number of nitrogens with zero attached hydrogens (tertiary/aromatic N) is 3. The van der Waals surface area contributed by atoms with E-state index in [1.807, 2.05) is 0 Å². The van der Waals surface area contributed by atoms with Gasteiger partial charge in [0.25, 0.3) is 0 Å². The highest BCUT2D eigenvalue weighted by molar-refractivity contribution is 5.72. The Kier molecular flexibility index (Phi) is 2.26. The van der Waals surface area contributed by atoms with Crippen molar-refractivity contribution in [3.8, 4) is 11.3 Å². The smallest absolute Gasteiger partial charge is 0.195 e. The maximum absolute atomic E-state index is 13.6. The summed E-state index contributed by atoms with van der Waals surface area (Å²) in [6, 6.07) is 1.95. The average Bonchev–Trinajstić information content (AvgIpc) is 2.83. The average molecular weight is 250 g/mol. The maximum atomic E-state index is 13.6. The molecule has 18 heavy (non-hydrogen) atoms. The summed E-state index contributed by atoms with van der Waals surface area (Å²) in [6.07, 6.45) is 2.72. The van der Waals surface area contributed by atoms with Crippen molar-refractivity contribution in [3.05, 3.63) is 42.0 Å². The lowest BCUT2D eigenvalue weighted by Gasteiger charge is -2.03. The minimum absolute atomic E-state index is 0.100. The summed E-state index contributed by atoms with van der Waals surface area (Å²) >= 11 is 0. The van der Waals surface area contributed by atoms with Crippen molar-refractivity contribution in [1.82, 2.24) is 20.2 Å². The monoisotopic (exact) mass is 250 g/mol. The van der Waals surface area contributed by atoms with Crippen LogP contribution in [0.4, 0.5) is 13.2 Å². The fraction of sp³-hybridized carbons (Fsp3) is 0. The Hall–Kier alpha value is -2.44. The molecule has 90 valence electrons. The van der Waals surface area contributed by atoms with Crippen molar-refractivity contribution < 1.29 is 13.2 Å². The quantitative estimate of drug-likeness (QED) is 0.675. The predicted octanol–water partition coefficient (Wildman–Crippen LogP) is 2.44. The molecule has 0 bridgehead atoms. The van der Waals surface area contributed by atoms with Gasteiger partial charge in [-0.05, 0) is 12.1 Å². The van der Waals surface area contributed by atoms with E-state index in [-0.39, 0.29) is 11.3 Å². The molecular weight excluding hydrogens is 245 g/mol. The van der Waals surface area contributed by atoms with Crippen LogP contribution in [0.5, 0.6) is 0 Å². The Balaban J connectivity index is 2.22. The van der Waals surface area contributed by atoms with Gasteiger partial charge >= 0.3 is 0 Å². The predicted molar refractivity (Wildman–Crippen MR) is 57.0 cm³/mol. The van der Waals surface area contributed by atoms with Crippen LogP contribution in [0.1, 0.15) is 0 Å². The summed E-state index contributed by atoms with van der Waals surface area (Å²) in [5.74, 6) is -4.06. The van der Waals surface area contributed by atoms with Crippen molar-refractivity contribution in [2.45, 2.75) is 0 Å². The lowest BCUT2D eigenvalue weighted by Crippen LogP contribution is -1.96. The van der Waals surface area contributed by atoms with Gasteiger partial charge in [-0.15, -0.1) is 0 Å². The van der Waals surface area contributed by atoms with Crippen molar-refractivity contribution in [3.63, 3.8) is 0 Å². The molecule has 0 unspecified atom stereocenters. The Morgan fingerprint density at radius 1 is 1.00 bits per heavy atom. The number of fused-ring (bicyclic) bond motifs is 1. The number of hydrogen-bond donors (Lipinski definition) is 1. The van der Waals surface area contributed by atoms with Crippen LogP contribution in [-0.4, -0.2) is 20.2 Å². The second kappa shape index (κ2) is 3.80. The van der Waals surface area contributed by atoms with E-state index < -0.39 is 17.5 Å². The van der Waals surface area contributed by atoms with Gasteiger partial charge in [-0.1, -0.05) is 0 Å². The van der Waals surface area contributed by atoms with Crippen LogP contribution in [0.3, 0.4) is 0 Å². The molecule has 1 aromatic carbocycles. The van der Waals surface area contributed by atoms with Gasteiger partial charge in [0, 0.05) is 5.56 Å². The molecule has 0 saturated carbocycles. The number of rotatable bonds is 1. The first-order chi connectivity index (χ1) is 8.66. The highest BCUT2D eigenvalue weighted by atomic mass is 19.2. The molecule has 1 N–H and O–H groups in total. The van der Waals surface area contributed by atoms with E-state index in [0.717, 1.165) is 12.1 Å². The maximum Gasteiger partial charge on any atom is 0.195 e. The highest BCUT2D eigenvalue weighted by Gasteiger charge is 2.16. The standard InChI is InChI=1S/C11H5F3N4/c12-6-2-1-5(9(13)10(6)14)7-3-15-8-4-16-18-11(8)17-7/h1-4H,(H,16,17,18). The highest BCUT2D eigenvalue weighted by Crippen LogP contribution is 2.24. The molecule has 0 spiro atoms. The Bertz CT molecular complexity index is 738. The minimum atomic E-state index is -1.53. The largest absolute Gasteiger partial charge is 0.259 e. The Morgan fingerprint density at radius 2 is 1.83 bits per heavy atom. The number of aromatic amines is 1. The molecule has 0 amide bonds. The van der Waals surface area contributed by atoms with Gasteiger partial charge < -0.3 is 0 Å². The summed E-state index contributed by atoms with van der Waals surface area (Å²) in [6.45, 7) is 0. The third-order valence-corrected chi connectivity index (χ3v) is 2.47. The van der Waals surface area contributed by atoms with E-state index in [4.69, 9.17) is 0 Å². The van der Waals surface area contributed by atoms with E-state index in [0.29, 0.717) is 11.2 Å². The zero-order chi connectivity index (χ0) is 12.7. The third-order valence-electron chi connectivity index (χ3n) is 2.47. The third kappa shape index (κ3) is 1.52. The summed E-state index contributed by atoms with van der Waals surface area (Å²) in [5.41, 5.74) is 0.791. The number of aromatic nitrogens is 4. The molecule has 0 aliphatic carbocycles. The molecule has 3 aromatic rings. The van der Waals surface area contributed by atoms with E-state index in [2.05, 4.69) is 20.2 Å². The molecule has 2 aromatic heterocycles. The van der Waals surface area contributed by atoms with Gasteiger partial charge in [0.2, 0.25) is 0 Å². The van der Waals surface area contributed by atoms with Crippen LogP contribution < -0.4 is 0 Å². The number of benzene rings is 1. The molecule has 0 saturated heterocycles. The Morgan fingerprint density at radius 3 is 2.67 bits per heavy atom. The van der Waals surface area contributed by atoms with Gasteiger partial charge in [-0.3, -0.25) is 5.10 Å².